The summed E-state index contributed by atoms with van der Waals surface area (Å²) in [6.45, 7) is 2.93. The Labute approximate surface area is 127 Å². The zero-order chi connectivity index (χ0) is 14.7. The van der Waals surface area contributed by atoms with E-state index in [4.69, 9.17) is 14.0 Å². The van der Waals surface area contributed by atoms with Crippen LogP contribution in [0.25, 0.3) is 11.4 Å². The summed E-state index contributed by atoms with van der Waals surface area (Å²) in [5, 5.41) is 5.95. The minimum atomic E-state index is 0.286. The van der Waals surface area contributed by atoms with Gasteiger partial charge in [-0.2, -0.15) is 9.36 Å². The molecule has 114 valence electrons. The highest BCUT2D eigenvalue weighted by molar-refractivity contribution is 7.04. The van der Waals surface area contributed by atoms with Gasteiger partial charge in [0.05, 0.1) is 18.8 Å². The van der Waals surface area contributed by atoms with Crippen LogP contribution in [0.2, 0.25) is 0 Å². The van der Waals surface area contributed by atoms with Crippen molar-refractivity contribution < 1.29 is 14.0 Å². The van der Waals surface area contributed by atoms with Gasteiger partial charge in [-0.3, -0.25) is 0 Å². The quantitative estimate of drug-likeness (QED) is 0.844. The lowest BCUT2D eigenvalue weighted by Gasteiger charge is -2.27. The molecule has 1 fully saturated rings. The Morgan fingerprint density at radius 1 is 1.48 bits per heavy atom. The van der Waals surface area contributed by atoms with E-state index in [1.807, 2.05) is 5.38 Å². The van der Waals surface area contributed by atoms with Crippen molar-refractivity contribution in [2.75, 3.05) is 13.7 Å². The van der Waals surface area contributed by atoms with E-state index in [-0.39, 0.29) is 5.92 Å². The van der Waals surface area contributed by atoms with Crippen molar-refractivity contribution in [1.82, 2.24) is 14.5 Å². The first-order valence-electron chi connectivity index (χ1n) is 7.25. The number of ether oxygens (including phenoxy) is 2. The van der Waals surface area contributed by atoms with Gasteiger partial charge in [0, 0.05) is 17.9 Å². The maximum absolute atomic E-state index is 5.77. The zero-order valence-corrected chi connectivity index (χ0v) is 13.1. The lowest BCUT2D eigenvalue weighted by Crippen LogP contribution is -2.24. The summed E-state index contributed by atoms with van der Waals surface area (Å²) < 4.78 is 20.6. The van der Waals surface area contributed by atoms with Crippen LogP contribution in [-0.4, -0.2) is 34.3 Å². The van der Waals surface area contributed by atoms with E-state index in [1.54, 1.807) is 7.11 Å². The molecule has 2 aromatic rings. The largest absolute Gasteiger partial charge is 0.480 e. The number of methoxy groups -OCH3 is 1. The molecule has 2 aromatic heterocycles. The Morgan fingerprint density at radius 2 is 2.38 bits per heavy atom. The fourth-order valence-corrected chi connectivity index (χ4v) is 3.29. The van der Waals surface area contributed by atoms with E-state index in [1.165, 1.54) is 11.5 Å². The Balaban J connectivity index is 1.75. The molecule has 0 saturated carbocycles. The smallest absolute Gasteiger partial charge is 0.236 e. The van der Waals surface area contributed by atoms with Crippen LogP contribution in [0.5, 0.6) is 5.88 Å². The third-order valence-corrected chi connectivity index (χ3v) is 4.35. The number of hydrogen-bond acceptors (Lipinski definition) is 7. The molecule has 0 aromatic carbocycles. The van der Waals surface area contributed by atoms with E-state index in [9.17, 15) is 0 Å². The molecule has 6 nitrogen and oxygen atoms in total. The first-order valence-corrected chi connectivity index (χ1v) is 8.09. The third-order valence-electron chi connectivity index (χ3n) is 3.74. The van der Waals surface area contributed by atoms with Gasteiger partial charge in [-0.15, -0.1) is 0 Å². The Kier molecular flexibility index (Phi) is 4.50. The van der Waals surface area contributed by atoms with Crippen LogP contribution in [-0.2, 0) is 4.74 Å². The van der Waals surface area contributed by atoms with Gasteiger partial charge < -0.3 is 14.0 Å². The van der Waals surface area contributed by atoms with Crippen LogP contribution >= 0.6 is 11.5 Å². The first kappa shape index (κ1) is 14.5. The highest BCUT2D eigenvalue weighted by Gasteiger charge is 2.28. The lowest BCUT2D eigenvalue weighted by atomic mass is 9.93. The lowest BCUT2D eigenvalue weighted by molar-refractivity contribution is -0.00302. The maximum atomic E-state index is 5.77. The van der Waals surface area contributed by atoms with Crippen molar-refractivity contribution in [3.63, 3.8) is 0 Å². The van der Waals surface area contributed by atoms with Gasteiger partial charge in [0.15, 0.2) is 0 Å². The standard InChI is InChI=1S/C14H19N3O3S/c1-3-4-10-7-9(5-6-19-10)13-15-12(16-20-13)11-8-21-17-14(11)18-2/h8-10H,3-7H2,1-2H3. The van der Waals surface area contributed by atoms with Crippen LogP contribution in [0.4, 0.5) is 0 Å². The van der Waals surface area contributed by atoms with Gasteiger partial charge in [0.2, 0.25) is 17.6 Å². The van der Waals surface area contributed by atoms with E-state index < -0.39 is 0 Å². The van der Waals surface area contributed by atoms with E-state index in [2.05, 4.69) is 21.4 Å². The molecular weight excluding hydrogens is 290 g/mol. The van der Waals surface area contributed by atoms with Gasteiger partial charge >= 0.3 is 0 Å². The second-order valence-corrected chi connectivity index (χ2v) is 5.83. The highest BCUT2D eigenvalue weighted by Crippen LogP contribution is 2.33. The van der Waals surface area contributed by atoms with Crippen molar-refractivity contribution in [3.8, 4) is 17.3 Å². The van der Waals surface area contributed by atoms with E-state index >= 15 is 0 Å². The molecule has 3 heterocycles. The van der Waals surface area contributed by atoms with Crippen molar-refractivity contribution >= 4 is 11.5 Å². The molecular formula is C14H19N3O3S. The number of hydrogen-bond donors (Lipinski definition) is 0. The summed E-state index contributed by atoms with van der Waals surface area (Å²) >= 11 is 1.32. The molecule has 0 aliphatic carbocycles. The van der Waals surface area contributed by atoms with Crippen LogP contribution in [0, 0.1) is 0 Å². The van der Waals surface area contributed by atoms with Crippen LogP contribution in [0.1, 0.15) is 44.4 Å². The van der Waals surface area contributed by atoms with Crippen LogP contribution < -0.4 is 4.74 Å². The first-order chi connectivity index (χ1) is 10.3. The summed E-state index contributed by atoms with van der Waals surface area (Å²) in [6.07, 6.45) is 4.40. The zero-order valence-electron chi connectivity index (χ0n) is 12.2. The molecule has 21 heavy (non-hydrogen) atoms. The molecule has 0 spiro atoms. The SMILES string of the molecule is CCCC1CC(c2nc(-c3csnc3OC)no2)CCO1. The van der Waals surface area contributed by atoms with E-state index in [0.29, 0.717) is 23.7 Å². The summed E-state index contributed by atoms with van der Waals surface area (Å²) in [5.41, 5.74) is 0.787. The fraction of sp³-hybridized carbons (Fsp3) is 0.643. The number of rotatable bonds is 5. The van der Waals surface area contributed by atoms with Gasteiger partial charge in [-0.05, 0) is 30.8 Å². The van der Waals surface area contributed by atoms with Gasteiger partial charge in [0.25, 0.3) is 0 Å². The van der Waals surface area contributed by atoms with Crippen molar-refractivity contribution in [2.24, 2.45) is 0 Å². The van der Waals surface area contributed by atoms with Gasteiger partial charge in [-0.25, -0.2) is 0 Å². The number of aromatic nitrogens is 3. The highest BCUT2D eigenvalue weighted by atomic mass is 32.1. The van der Waals surface area contributed by atoms with E-state index in [0.717, 1.165) is 37.9 Å². The summed E-state index contributed by atoms with van der Waals surface area (Å²) in [5.74, 6) is 2.08. The molecule has 0 amide bonds. The third kappa shape index (κ3) is 3.08. The van der Waals surface area contributed by atoms with Crippen molar-refractivity contribution in [2.45, 2.75) is 44.6 Å². The minimum Gasteiger partial charge on any atom is -0.480 e. The Bertz CT molecular complexity index is 582. The number of nitrogens with zero attached hydrogens (tertiary/aromatic N) is 3. The molecule has 3 rings (SSSR count). The fourth-order valence-electron chi connectivity index (χ4n) is 2.66. The van der Waals surface area contributed by atoms with Crippen molar-refractivity contribution in [3.05, 3.63) is 11.3 Å². The molecule has 7 heteroatoms. The van der Waals surface area contributed by atoms with Crippen molar-refractivity contribution in [1.29, 1.82) is 0 Å². The molecule has 1 aliphatic heterocycles. The predicted molar refractivity (Wildman–Crippen MR) is 78.6 cm³/mol. The molecule has 1 saturated heterocycles. The molecule has 0 radical (unpaired) electrons. The average molecular weight is 309 g/mol. The molecule has 2 atom stereocenters. The van der Waals surface area contributed by atoms with Gasteiger partial charge in [0.1, 0.15) is 0 Å². The molecule has 0 bridgehead atoms. The predicted octanol–water partition coefficient (Wildman–Crippen LogP) is 3.26. The summed E-state index contributed by atoms with van der Waals surface area (Å²) in [6, 6.07) is 0. The molecule has 1 aliphatic rings. The van der Waals surface area contributed by atoms with Crippen LogP contribution in [0.15, 0.2) is 9.90 Å². The molecule has 2 unspecified atom stereocenters. The maximum Gasteiger partial charge on any atom is 0.236 e. The molecule has 0 N–H and O–H groups in total. The minimum absolute atomic E-state index is 0.286. The van der Waals surface area contributed by atoms with Crippen LogP contribution in [0.3, 0.4) is 0 Å². The monoisotopic (exact) mass is 309 g/mol. The van der Waals surface area contributed by atoms with Gasteiger partial charge in [-0.1, -0.05) is 18.5 Å². The second-order valence-electron chi connectivity index (χ2n) is 5.20. The summed E-state index contributed by atoms with van der Waals surface area (Å²) in [7, 11) is 1.59. The Morgan fingerprint density at radius 3 is 3.19 bits per heavy atom. The second kappa shape index (κ2) is 6.53. The average Bonchev–Trinajstić information content (AvgIpc) is 3.16. The topological polar surface area (TPSA) is 70.3 Å². The normalized spacial score (nSPS) is 22.4. The Hall–Kier alpha value is -1.47. The summed E-state index contributed by atoms with van der Waals surface area (Å²) in [4.78, 5) is 4.53.